The van der Waals surface area contributed by atoms with Gasteiger partial charge in [-0.25, -0.2) is 0 Å². The highest BCUT2D eigenvalue weighted by molar-refractivity contribution is 5.51. The normalized spacial score (nSPS) is 22.1. The lowest BCUT2D eigenvalue weighted by Crippen LogP contribution is -2.15. The molecule has 0 aromatic heterocycles. The summed E-state index contributed by atoms with van der Waals surface area (Å²) >= 11 is 0. The summed E-state index contributed by atoms with van der Waals surface area (Å²) in [6.45, 7) is 10.7. The van der Waals surface area contributed by atoms with E-state index in [1.54, 1.807) is 5.57 Å². The Morgan fingerprint density at radius 1 is 1.21 bits per heavy atom. The zero-order valence-electron chi connectivity index (χ0n) is 11.7. The molecule has 0 heterocycles. The van der Waals surface area contributed by atoms with Crippen molar-refractivity contribution in [3.8, 4) is 0 Å². The summed E-state index contributed by atoms with van der Waals surface area (Å²) in [5.41, 5.74) is 5.50. The van der Waals surface area contributed by atoms with Gasteiger partial charge in [0.2, 0.25) is 0 Å². The van der Waals surface area contributed by atoms with E-state index in [-0.39, 0.29) is 0 Å². The van der Waals surface area contributed by atoms with Gasteiger partial charge >= 0.3 is 0 Å². The molecule has 1 atom stereocenters. The van der Waals surface area contributed by atoms with E-state index in [1.165, 1.54) is 35.7 Å². The third-order valence-electron chi connectivity index (χ3n) is 3.74. The molecule has 0 bridgehead atoms. The first-order chi connectivity index (χ1) is 9.26. The van der Waals surface area contributed by atoms with Crippen molar-refractivity contribution in [1.82, 2.24) is 0 Å². The zero-order chi connectivity index (χ0) is 13.7. The Hall–Kier alpha value is -1.70. The van der Waals surface area contributed by atoms with Gasteiger partial charge in [0.25, 0.3) is 0 Å². The van der Waals surface area contributed by atoms with Gasteiger partial charge < -0.3 is 9.47 Å². The fourth-order valence-corrected chi connectivity index (χ4v) is 2.78. The standard InChI is InChI=1S/C17H22O2/c1-4-18-11-15-8-7-14-10-13(3)6-9-16(14)17(15)12-19-5-2/h4-6,9,13H,1-2,7-8,10-12H2,3H3. The first-order valence-electron chi connectivity index (χ1n) is 6.82. The minimum Gasteiger partial charge on any atom is -0.497 e. The van der Waals surface area contributed by atoms with E-state index < -0.39 is 0 Å². The summed E-state index contributed by atoms with van der Waals surface area (Å²) < 4.78 is 10.8. The molecule has 0 aromatic carbocycles. The third-order valence-corrected chi connectivity index (χ3v) is 3.74. The van der Waals surface area contributed by atoms with Crippen LogP contribution < -0.4 is 0 Å². The van der Waals surface area contributed by atoms with Crippen LogP contribution in [0.1, 0.15) is 26.2 Å². The van der Waals surface area contributed by atoms with Crippen molar-refractivity contribution in [2.45, 2.75) is 26.2 Å². The fraction of sp³-hybridized carbons (Fsp3) is 0.412. The molecule has 1 unspecified atom stereocenters. The van der Waals surface area contributed by atoms with Crippen LogP contribution in [0.4, 0.5) is 0 Å². The number of rotatable bonds is 6. The Balaban J connectivity index is 2.27. The van der Waals surface area contributed by atoms with Crippen LogP contribution in [-0.2, 0) is 9.47 Å². The van der Waals surface area contributed by atoms with Gasteiger partial charge in [0.15, 0.2) is 0 Å². The summed E-state index contributed by atoms with van der Waals surface area (Å²) in [4.78, 5) is 0. The average molecular weight is 258 g/mol. The van der Waals surface area contributed by atoms with Crippen molar-refractivity contribution in [2.75, 3.05) is 13.2 Å². The molecular formula is C17H22O2. The van der Waals surface area contributed by atoms with Crippen molar-refractivity contribution in [2.24, 2.45) is 5.92 Å². The monoisotopic (exact) mass is 258 g/mol. The van der Waals surface area contributed by atoms with Gasteiger partial charge in [-0.3, -0.25) is 0 Å². The molecule has 102 valence electrons. The van der Waals surface area contributed by atoms with E-state index in [0.717, 1.165) is 12.8 Å². The van der Waals surface area contributed by atoms with Gasteiger partial charge in [-0.05, 0) is 41.9 Å². The van der Waals surface area contributed by atoms with Crippen LogP contribution in [0.15, 0.2) is 60.1 Å². The molecule has 0 aromatic rings. The lowest BCUT2D eigenvalue weighted by atomic mass is 9.79. The highest BCUT2D eigenvalue weighted by atomic mass is 16.5. The van der Waals surface area contributed by atoms with Crippen LogP contribution in [0.25, 0.3) is 0 Å². The van der Waals surface area contributed by atoms with Crippen molar-refractivity contribution in [3.05, 3.63) is 60.1 Å². The lowest BCUT2D eigenvalue weighted by Gasteiger charge is -2.28. The van der Waals surface area contributed by atoms with Crippen LogP contribution in [0.3, 0.4) is 0 Å². The van der Waals surface area contributed by atoms with Crippen molar-refractivity contribution in [1.29, 1.82) is 0 Å². The third kappa shape index (κ3) is 3.19. The van der Waals surface area contributed by atoms with Gasteiger partial charge in [0.1, 0.15) is 13.2 Å². The minimum atomic E-state index is 0.580. The van der Waals surface area contributed by atoms with E-state index in [0.29, 0.717) is 19.1 Å². The van der Waals surface area contributed by atoms with Gasteiger partial charge in [-0.2, -0.15) is 0 Å². The molecule has 2 aliphatic carbocycles. The molecule has 2 rings (SSSR count). The quantitative estimate of drug-likeness (QED) is 0.662. The van der Waals surface area contributed by atoms with Gasteiger partial charge in [-0.15, -0.1) is 0 Å². The van der Waals surface area contributed by atoms with Crippen LogP contribution in [0.5, 0.6) is 0 Å². The fourth-order valence-electron chi connectivity index (χ4n) is 2.78. The molecule has 2 nitrogen and oxygen atoms in total. The van der Waals surface area contributed by atoms with Crippen molar-refractivity contribution in [3.63, 3.8) is 0 Å². The maximum absolute atomic E-state index is 5.42. The molecule has 0 N–H and O–H groups in total. The Kier molecular flexibility index (Phi) is 4.67. The van der Waals surface area contributed by atoms with Crippen molar-refractivity contribution < 1.29 is 9.47 Å². The predicted octanol–water partition coefficient (Wildman–Crippen LogP) is 4.29. The van der Waals surface area contributed by atoms with Crippen LogP contribution in [-0.4, -0.2) is 13.2 Å². The highest BCUT2D eigenvalue weighted by Crippen LogP contribution is 2.37. The van der Waals surface area contributed by atoms with E-state index in [1.807, 2.05) is 0 Å². The minimum absolute atomic E-state index is 0.580. The van der Waals surface area contributed by atoms with E-state index in [4.69, 9.17) is 9.47 Å². The van der Waals surface area contributed by atoms with E-state index in [9.17, 15) is 0 Å². The number of ether oxygens (including phenoxy) is 2. The largest absolute Gasteiger partial charge is 0.497 e. The molecule has 0 amide bonds. The van der Waals surface area contributed by atoms with E-state index in [2.05, 4.69) is 32.2 Å². The topological polar surface area (TPSA) is 18.5 Å². The molecule has 2 aliphatic rings. The smallest absolute Gasteiger partial charge is 0.113 e. The molecule has 0 fully saturated rings. The predicted molar refractivity (Wildman–Crippen MR) is 78.5 cm³/mol. The zero-order valence-corrected chi connectivity index (χ0v) is 11.7. The molecule has 0 saturated heterocycles. The lowest BCUT2D eigenvalue weighted by molar-refractivity contribution is 0.262. The van der Waals surface area contributed by atoms with Crippen LogP contribution in [0.2, 0.25) is 0 Å². The second kappa shape index (κ2) is 6.46. The molecule has 19 heavy (non-hydrogen) atoms. The first kappa shape index (κ1) is 13.7. The maximum atomic E-state index is 5.42. The maximum Gasteiger partial charge on any atom is 0.113 e. The number of hydrogen-bond acceptors (Lipinski definition) is 2. The molecule has 0 spiro atoms. The Labute approximate surface area is 115 Å². The molecule has 0 saturated carbocycles. The summed E-state index contributed by atoms with van der Waals surface area (Å²) in [5, 5.41) is 0. The van der Waals surface area contributed by atoms with Gasteiger partial charge in [0.05, 0.1) is 12.5 Å². The molecule has 0 aliphatic heterocycles. The second-order valence-electron chi connectivity index (χ2n) is 5.10. The number of allylic oxidation sites excluding steroid dienone is 3. The van der Waals surface area contributed by atoms with Crippen LogP contribution >= 0.6 is 0 Å². The highest BCUT2D eigenvalue weighted by Gasteiger charge is 2.23. The Morgan fingerprint density at radius 3 is 2.68 bits per heavy atom. The Morgan fingerprint density at radius 2 is 1.95 bits per heavy atom. The van der Waals surface area contributed by atoms with E-state index >= 15 is 0 Å². The SMILES string of the molecule is C=COCC1=C(COC=C)C2=C(CC1)CC(C)C=C2. The summed E-state index contributed by atoms with van der Waals surface area (Å²) in [7, 11) is 0. The molecular weight excluding hydrogens is 236 g/mol. The second-order valence-corrected chi connectivity index (χ2v) is 5.10. The number of hydrogen-bond donors (Lipinski definition) is 0. The summed E-state index contributed by atoms with van der Waals surface area (Å²) in [6.07, 6.45) is 10.9. The first-order valence-corrected chi connectivity index (χ1v) is 6.82. The molecule has 0 radical (unpaired) electrons. The Bertz CT molecular complexity index is 452. The van der Waals surface area contributed by atoms with Gasteiger partial charge in [-0.1, -0.05) is 37.8 Å². The average Bonchev–Trinajstić information content (AvgIpc) is 2.42. The molecule has 2 heteroatoms. The summed E-state index contributed by atoms with van der Waals surface area (Å²) in [5.74, 6) is 0.645. The van der Waals surface area contributed by atoms with Gasteiger partial charge in [0, 0.05) is 0 Å². The summed E-state index contributed by atoms with van der Waals surface area (Å²) in [6, 6.07) is 0. The van der Waals surface area contributed by atoms with Crippen LogP contribution in [0, 0.1) is 5.92 Å². The van der Waals surface area contributed by atoms with Crippen molar-refractivity contribution >= 4 is 0 Å².